The molecule has 452 valence electrons. The third kappa shape index (κ3) is 65.2. The summed E-state index contributed by atoms with van der Waals surface area (Å²) in [6, 6.07) is -0.642. The number of amides is 1. The van der Waals surface area contributed by atoms with Crippen molar-refractivity contribution in [3.8, 4) is 0 Å². The standard InChI is InChI=1S/C75H129NO3/c1-3-5-7-9-11-13-15-17-19-21-23-25-27-29-31-33-35-36-37-38-39-40-41-43-45-47-49-51-53-55-57-59-61-63-65-67-69-71-75(79)76-73(72-77)74(78)70-68-66-64-62-60-58-56-54-52-50-48-46-44-42-34-32-30-28-26-24-22-20-18-16-14-12-10-8-6-4-2/h5,7,11,13,17,19,23,25,29,31,35-36,38-39,41,43,47,49,53,55,68,70,73-74,77-78H,3-4,6,8-10,12,14-16,18,20-22,24,26-28,30,32-34,37,40,42,44-46,48,50-52,54,56-67,69,71-72H2,1-2H3,(H,76,79)/b7-5-,13-11-,19-17-,25-23-,31-29-,36-35-,39-38-,43-41-,49-47-,55-53-,70-68+. The molecule has 2 unspecified atom stereocenters. The Morgan fingerprint density at radius 3 is 0.835 bits per heavy atom. The third-order valence-electron chi connectivity index (χ3n) is 14.9. The van der Waals surface area contributed by atoms with Gasteiger partial charge in [0.05, 0.1) is 18.8 Å². The van der Waals surface area contributed by atoms with Gasteiger partial charge in [0, 0.05) is 6.42 Å². The average molecular weight is 1090 g/mol. The van der Waals surface area contributed by atoms with Crippen LogP contribution in [0.25, 0.3) is 0 Å². The Morgan fingerprint density at radius 1 is 0.316 bits per heavy atom. The van der Waals surface area contributed by atoms with E-state index in [1.165, 1.54) is 193 Å². The molecular formula is C75H129NO3. The van der Waals surface area contributed by atoms with E-state index in [0.29, 0.717) is 6.42 Å². The van der Waals surface area contributed by atoms with Gasteiger partial charge in [-0.15, -0.1) is 0 Å². The molecule has 0 saturated carbocycles. The number of nitrogens with one attached hydrogen (secondary N) is 1. The molecule has 0 spiro atoms. The normalized spacial score (nSPS) is 13.6. The lowest BCUT2D eigenvalue weighted by atomic mass is 10.0. The maximum Gasteiger partial charge on any atom is 0.220 e. The SMILES string of the molecule is CC/C=C\C/C=C\C/C=C\C/C=C\C/C=C\C/C=C\C/C=C\C/C=C\C/C=C\C/C=C\CCCCCCCCC(=O)NC(CO)C(O)/C=C/CCCCCCCCCCCCCCCCCCCCCCCCCCCCCC. The van der Waals surface area contributed by atoms with E-state index >= 15 is 0 Å². The summed E-state index contributed by atoms with van der Waals surface area (Å²) in [4.78, 5) is 12.5. The molecule has 0 saturated heterocycles. The predicted molar refractivity (Wildman–Crippen MR) is 354 cm³/mol. The van der Waals surface area contributed by atoms with Crippen LogP contribution >= 0.6 is 0 Å². The molecule has 0 rings (SSSR count). The van der Waals surface area contributed by atoms with Crippen LogP contribution < -0.4 is 5.32 Å². The Morgan fingerprint density at radius 2 is 0.557 bits per heavy atom. The highest BCUT2D eigenvalue weighted by Crippen LogP contribution is 2.17. The Hall–Kier alpha value is -3.47. The summed E-state index contributed by atoms with van der Waals surface area (Å²) < 4.78 is 0. The smallest absolute Gasteiger partial charge is 0.220 e. The molecule has 79 heavy (non-hydrogen) atoms. The van der Waals surface area contributed by atoms with Crippen LogP contribution in [-0.4, -0.2) is 34.9 Å². The van der Waals surface area contributed by atoms with Crippen molar-refractivity contribution in [1.82, 2.24) is 5.32 Å². The fourth-order valence-corrected chi connectivity index (χ4v) is 9.80. The Labute approximate surface area is 491 Å². The molecule has 0 heterocycles. The van der Waals surface area contributed by atoms with Crippen molar-refractivity contribution < 1.29 is 15.0 Å². The monoisotopic (exact) mass is 1090 g/mol. The molecule has 0 aliphatic rings. The van der Waals surface area contributed by atoms with Crippen LogP contribution in [0.5, 0.6) is 0 Å². The number of allylic oxidation sites excluding steroid dienone is 21. The van der Waals surface area contributed by atoms with E-state index in [1.807, 2.05) is 6.08 Å². The van der Waals surface area contributed by atoms with Crippen molar-refractivity contribution in [2.45, 2.75) is 328 Å². The van der Waals surface area contributed by atoms with Gasteiger partial charge in [-0.25, -0.2) is 0 Å². The second-order valence-electron chi connectivity index (χ2n) is 22.5. The van der Waals surface area contributed by atoms with Crippen LogP contribution in [0.15, 0.2) is 134 Å². The van der Waals surface area contributed by atoms with E-state index in [2.05, 4.69) is 141 Å². The molecule has 0 aromatic carbocycles. The second kappa shape index (κ2) is 68.8. The van der Waals surface area contributed by atoms with Gasteiger partial charge in [0.2, 0.25) is 5.91 Å². The maximum atomic E-state index is 12.5. The topological polar surface area (TPSA) is 69.6 Å². The van der Waals surface area contributed by atoms with Crippen LogP contribution in [0, 0.1) is 0 Å². The van der Waals surface area contributed by atoms with Gasteiger partial charge in [-0.2, -0.15) is 0 Å². The third-order valence-corrected chi connectivity index (χ3v) is 14.9. The number of rotatable bonds is 61. The van der Waals surface area contributed by atoms with E-state index < -0.39 is 12.1 Å². The molecule has 1 amide bonds. The summed E-state index contributed by atoms with van der Waals surface area (Å²) in [5.41, 5.74) is 0. The number of carbonyl (C=O) groups is 1. The number of aliphatic hydroxyl groups is 2. The Bertz CT molecular complexity index is 1570. The highest BCUT2D eigenvalue weighted by molar-refractivity contribution is 5.76. The van der Waals surface area contributed by atoms with E-state index in [-0.39, 0.29) is 12.5 Å². The number of unbranched alkanes of at least 4 members (excludes halogenated alkanes) is 34. The molecule has 0 bridgehead atoms. The van der Waals surface area contributed by atoms with Gasteiger partial charge < -0.3 is 15.5 Å². The Balaban J connectivity index is 3.59. The van der Waals surface area contributed by atoms with Gasteiger partial charge in [0.15, 0.2) is 0 Å². The van der Waals surface area contributed by atoms with E-state index in [4.69, 9.17) is 0 Å². The first-order chi connectivity index (χ1) is 39.2. The first kappa shape index (κ1) is 75.5. The zero-order valence-corrected chi connectivity index (χ0v) is 52.1. The second-order valence-corrected chi connectivity index (χ2v) is 22.5. The van der Waals surface area contributed by atoms with Crippen molar-refractivity contribution in [2.75, 3.05) is 6.61 Å². The fourth-order valence-electron chi connectivity index (χ4n) is 9.80. The summed E-state index contributed by atoms with van der Waals surface area (Å²) in [5.74, 6) is -0.0805. The highest BCUT2D eigenvalue weighted by Gasteiger charge is 2.18. The molecule has 2 atom stereocenters. The Kier molecular flexibility index (Phi) is 65.8. The molecule has 4 heteroatoms. The first-order valence-corrected chi connectivity index (χ1v) is 33.9. The van der Waals surface area contributed by atoms with Gasteiger partial charge in [0.25, 0.3) is 0 Å². The van der Waals surface area contributed by atoms with Crippen LogP contribution in [0.2, 0.25) is 0 Å². The molecule has 0 aromatic heterocycles. The quantitative estimate of drug-likeness (QED) is 0.0420. The highest BCUT2D eigenvalue weighted by atomic mass is 16.3. The minimum Gasteiger partial charge on any atom is -0.394 e. The molecule has 0 radical (unpaired) electrons. The lowest BCUT2D eigenvalue weighted by molar-refractivity contribution is -0.123. The van der Waals surface area contributed by atoms with Crippen molar-refractivity contribution in [3.63, 3.8) is 0 Å². The van der Waals surface area contributed by atoms with E-state index in [9.17, 15) is 15.0 Å². The van der Waals surface area contributed by atoms with Crippen LogP contribution in [-0.2, 0) is 4.79 Å². The van der Waals surface area contributed by atoms with Crippen molar-refractivity contribution in [1.29, 1.82) is 0 Å². The van der Waals surface area contributed by atoms with Crippen LogP contribution in [0.3, 0.4) is 0 Å². The number of carbonyl (C=O) groups excluding carboxylic acids is 1. The fraction of sp³-hybridized carbons (Fsp3) is 0.693. The van der Waals surface area contributed by atoms with Crippen LogP contribution in [0.1, 0.15) is 316 Å². The molecule has 0 aliphatic heterocycles. The van der Waals surface area contributed by atoms with Gasteiger partial charge in [0.1, 0.15) is 0 Å². The minimum atomic E-state index is -0.857. The lowest BCUT2D eigenvalue weighted by Crippen LogP contribution is -2.45. The number of aliphatic hydroxyl groups excluding tert-OH is 2. The molecule has 0 fully saturated rings. The average Bonchev–Trinajstić information content (AvgIpc) is 3.45. The molecular weight excluding hydrogens is 963 g/mol. The molecule has 4 nitrogen and oxygen atoms in total. The summed E-state index contributed by atoms with van der Waals surface area (Å²) in [5, 5.41) is 23.3. The van der Waals surface area contributed by atoms with Gasteiger partial charge >= 0.3 is 0 Å². The number of hydrogen-bond donors (Lipinski definition) is 3. The van der Waals surface area contributed by atoms with Crippen molar-refractivity contribution in [3.05, 3.63) is 134 Å². The van der Waals surface area contributed by atoms with Gasteiger partial charge in [-0.1, -0.05) is 347 Å². The van der Waals surface area contributed by atoms with Crippen molar-refractivity contribution in [2.24, 2.45) is 0 Å². The zero-order valence-electron chi connectivity index (χ0n) is 52.1. The zero-order chi connectivity index (χ0) is 56.9. The molecule has 3 N–H and O–H groups in total. The molecule has 0 aromatic rings. The minimum absolute atomic E-state index is 0.0805. The lowest BCUT2D eigenvalue weighted by Gasteiger charge is -2.20. The van der Waals surface area contributed by atoms with E-state index in [1.54, 1.807) is 6.08 Å². The first-order valence-electron chi connectivity index (χ1n) is 33.9. The summed E-state index contributed by atoms with van der Waals surface area (Å²) in [6.45, 7) is 4.21. The van der Waals surface area contributed by atoms with Crippen molar-refractivity contribution >= 4 is 5.91 Å². The largest absolute Gasteiger partial charge is 0.394 e. The predicted octanol–water partition coefficient (Wildman–Crippen LogP) is 23.3. The summed E-state index contributed by atoms with van der Waals surface area (Å²) >= 11 is 0. The summed E-state index contributed by atoms with van der Waals surface area (Å²) in [6.07, 6.45) is 107. The summed E-state index contributed by atoms with van der Waals surface area (Å²) in [7, 11) is 0. The maximum absolute atomic E-state index is 12.5. The van der Waals surface area contributed by atoms with Gasteiger partial charge in [-0.3, -0.25) is 4.79 Å². The van der Waals surface area contributed by atoms with E-state index in [0.717, 1.165) is 103 Å². The molecule has 0 aliphatic carbocycles. The van der Waals surface area contributed by atoms with Gasteiger partial charge in [-0.05, 0) is 96.3 Å². The van der Waals surface area contributed by atoms with Crippen LogP contribution in [0.4, 0.5) is 0 Å². The number of hydrogen-bond acceptors (Lipinski definition) is 3.